The molecule has 7 heteroatoms. The molecule has 0 spiro atoms. The molecule has 3 N–H and O–H groups in total. The molecule has 102 valence electrons. The van der Waals surface area contributed by atoms with E-state index in [-0.39, 0.29) is 18.4 Å². The van der Waals surface area contributed by atoms with Gasteiger partial charge >= 0.3 is 0 Å². The smallest absolute Gasteiger partial charge is 0.255 e. The Balaban J connectivity index is 2.11. The Morgan fingerprint density at radius 1 is 1.42 bits per heavy atom. The van der Waals surface area contributed by atoms with Gasteiger partial charge in [0, 0.05) is 26.3 Å². The van der Waals surface area contributed by atoms with Crippen molar-refractivity contribution in [2.24, 2.45) is 5.84 Å². The Morgan fingerprint density at radius 3 is 2.84 bits per heavy atom. The molecule has 7 nitrogen and oxygen atoms in total. The maximum absolute atomic E-state index is 12.3. The number of nitrogens with one attached hydrogen (secondary N) is 1. The molecule has 2 amide bonds. The highest BCUT2D eigenvalue weighted by molar-refractivity contribution is 5.96. The summed E-state index contributed by atoms with van der Waals surface area (Å²) in [4.78, 5) is 31.2. The van der Waals surface area contributed by atoms with Crippen LogP contribution in [0.4, 0.5) is 5.82 Å². The van der Waals surface area contributed by atoms with Crippen molar-refractivity contribution >= 4 is 17.6 Å². The third-order valence-electron chi connectivity index (χ3n) is 3.12. The Labute approximate surface area is 111 Å². The maximum atomic E-state index is 12.3. The van der Waals surface area contributed by atoms with Gasteiger partial charge in [-0.3, -0.25) is 9.59 Å². The molecule has 0 saturated carbocycles. The lowest BCUT2D eigenvalue weighted by atomic mass is 10.2. The van der Waals surface area contributed by atoms with E-state index in [1.807, 2.05) is 0 Å². The van der Waals surface area contributed by atoms with Crippen molar-refractivity contribution in [2.45, 2.75) is 6.42 Å². The molecule has 1 fully saturated rings. The first kappa shape index (κ1) is 13.3. The molecule has 1 aliphatic heterocycles. The zero-order valence-electron chi connectivity index (χ0n) is 10.8. The van der Waals surface area contributed by atoms with E-state index in [4.69, 9.17) is 5.84 Å². The number of hydrogen-bond donors (Lipinski definition) is 2. The standard InChI is InChI=1S/C12H17N5O2/c1-16-5-2-6-17(8-11(16)18)12(19)9-3-4-10(15-13)14-7-9/h3-4,7H,2,5-6,8,13H2,1H3,(H,14,15). The fourth-order valence-electron chi connectivity index (χ4n) is 1.95. The van der Waals surface area contributed by atoms with Crippen molar-refractivity contribution in [3.05, 3.63) is 23.9 Å². The lowest BCUT2D eigenvalue weighted by molar-refractivity contribution is -0.129. The van der Waals surface area contributed by atoms with Gasteiger partial charge in [0.25, 0.3) is 5.91 Å². The first-order valence-corrected chi connectivity index (χ1v) is 6.07. The molecule has 19 heavy (non-hydrogen) atoms. The molecule has 1 aliphatic rings. The number of hydrogen-bond acceptors (Lipinski definition) is 5. The summed E-state index contributed by atoms with van der Waals surface area (Å²) in [7, 11) is 1.75. The molecule has 0 bridgehead atoms. The van der Waals surface area contributed by atoms with Crippen LogP contribution in [0, 0.1) is 0 Å². The molecule has 1 aromatic rings. The number of nitrogens with two attached hydrogens (primary N) is 1. The Kier molecular flexibility index (Phi) is 3.96. The molecule has 2 rings (SSSR count). The number of likely N-dealkylation sites (N-methyl/N-ethyl adjacent to an activating group) is 1. The van der Waals surface area contributed by atoms with E-state index < -0.39 is 0 Å². The molecule has 1 aromatic heterocycles. The first-order chi connectivity index (χ1) is 9.11. The van der Waals surface area contributed by atoms with Crippen molar-refractivity contribution in [3.63, 3.8) is 0 Å². The summed E-state index contributed by atoms with van der Waals surface area (Å²) in [5.41, 5.74) is 2.85. The molecule has 0 atom stereocenters. The average molecular weight is 263 g/mol. The zero-order chi connectivity index (χ0) is 13.8. The Bertz CT molecular complexity index is 474. The summed E-state index contributed by atoms with van der Waals surface area (Å²) in [6, 6.07) is 3.27. The number of carbonyl (C=O) groups is 2. The van der Waals surface area contributed by atoms with Gasteiger partial charge in [-0.25, -0.2) is 10.8 Å². The quantitative estimate of drug-likeness (QED) is 0.563. The van der Waals surface area contributed by atoms with E-state index in [1.54, 1.807) is 29.0 Å². The molecule has 0 aromatic carbocycles. The molecular weight excluding hydrogens is 246 g/mol. The minimum atomic E-state index is -0.181. The molecule has 0 aliphatic carbocycles. The number of amides is 2. The number of pyridine rings is 1. The van der Waals surface area contributed by atoms with Crippen molar-refractivity contribution in [2.75, 3.05) is 32.1 Å². The van der Waals surface area contributed by atoms with Crippen molar-refractivity contribution in [1.82, 2.24) is 14.8 Å². The summed E-state index contributed by atoms with van der Waals surface area (Å²) in [6.45, 7) is 1.37. The van der Waals surface area contributed by atoms with Gasteiger partial charge < -0.3 is 15.2 Å². The molecule has 2 heterocycles. The topological polar surface area (TPSA) is 91.6 Å². The lowest BCUT2D eigenvalue weighted by Gasteiger charge is -2.19. The van der Waals surface area contributed by atoms with E-state index >= 15 is 0 Å². The number of nitrogen functional groups attached to an aromatic ring is 1. The van der Waals surface area contributed by atoms with Crippen molar-refractivity contribution < 1.29 is 9.59 Å². The van der Waals surface area contributed by atoms with Gasteiger partial charge in [-0.1, -0.05) is 0 Å². The highest BCUT2D eigenvalue weighted by Crippen LogP contribution is 2.10. The second-order valence-electron chi connectivity index (χ2n) is 4.47. The van der Waals surface area contributed by atoms with E-state index in [1.165, 1.54) is 6.20 Å². The van der Waals surface area contributed by atoms with Crippen LogP contribution in [-0.4, -0.2) is 53.3 Å². The average Bonchev–Trinajstić information content (AvgIpc) is 2.60. The van der Waals surface area contributed by atoms with Gasteiger partial charge in [-0.05, 0) is 18.6 Å². The number of rotatable bonds is 2. The summed E-state index contributed by atoms with van der Waals surface area (Å²) < 4.78 is 0. The van der Waals surface area contributed by atoms with E-state index in [0.29, 0.717) is 24.5 Å². The molecule has 0 unspecified atom stereocenters. The van der Waals surface area contributed by atoms with Gasteiger partial charge in [0.05, 0.1) is 5.56 Å². The van der Waals surface area contributed by atoms with Crippen molar-refractivity contribution in [3.8, 4) is 0 Å². The molecule has 0 radical (unpaired) electrons. The Hall–Kier alpha value is -2.15. The summed E-state index contributed by atoms with van der Waals surface area (Å²) in [5, 5.41) is 0. The third-order valence-corrected chi connectivity index (χ3v) is 3.12. The predicted octanol–water partition coefficient (Wildman–Crippen LogP) is -0.328. The third kappa shape index (κ3) is 3.00. The first-order valence-electron chi connectivity index (χ1n) is 6.07. The number of aromatic nitrogens is 1. The van der Waals surface area contributed by atoms with Crippen LogP contribution in [-0.2, 0) is 4.79 Å². The van der Waals surface area contributed by atoms with Gasteiger partial charge in [0.2, 0.25) is 5.91 Å². The van der Waals surface area contributed by atoms with Crippen LogP contribution in [0.2, 0.25) is 0 Å². The number of carbonyl (C=O) groups excluding carboxylic acids is 2. The summed E-state index contributed by atoms with van der Waals surface area (Å²) >= 11 is 0. The van der Waals surface area contributed by atoms with Crippen LogP contribution in [0.25, 0.3) is 0 Å². The number of nitrogens with zero attached hydrogens (tertiary/aromatic N) is 3. The lowest BCUT2D eigenvalue weighted by Crippen LogP contribution is -2.38. The summed E-state index contributed by atoms with van der Waals surface area (Å²) in [6.07, 6.45) is 2.24. The number of hydrazine groups is 1. The van der Waals surface area contributed by atoms with Crippen LogP contribution in [0.1, 0.15) is 16.8 Å². The van der Waals surface area contributed by atoms with Gasteiger partial charge in [-0.2, -0.15) is 0 Å². The fraction of sp³-hybridized carbons (Fsp3) is 0.417. The summed E-state index contributed by atoms with van der Waals surface area (Å²) in [5.74, 6) is 5.48. The largest absolute Gasteiger partial charge is 0.344 e. The van der Waals surface area contributed by atoms with Gasteiger partial charge in [-0.15, -0.1) is 0 Å². The molecular formula is C12H17N5O2. The van der Waals surface area contributed by atoms with Gasteiger partial charge in [0.15, 0.2) is 0 Å². The maximum Gasteiger partial charge on any atom is 0.255 e. The van der Waals surface area contributed by atoms with Crippen molar-refractivity contribution in [1.29, 1.82) is 0 Å². The van der Waals surface area contributed by atoms with Crippen LogP contribution in [0.3, 0.4) is 0 Å². The Morgan fingerprint density at radius 2 is 2.21 bits per heavy atom. The van der Waals surface area contributed by atoms with E-state index in [9.17, 15) is 9.59 Å². The second kappa shape index (κ2) is 5.66. The molecule has 1 saturated heterocycles. The zero-order valence-corrected chi connectivity index (χ0v) is 10.8. The van der Waals surface area contributed by atoms with Gasteiger partial charge in [0.1, 0.15) is 12.4 Å². The minimum Gasteiger partial charge on any atom is -0.344 e. The fourth-order valence-corrected chi connectivity index (χ4v) is 1.95. The van der Waals surface area contributed by atoms with E-state index in [0.717, 1.165) is 6.42 Å². The highest BCUT2D eigenvalue weighted by Gasteiger charge is 2.23. The minimum absolute atomic E-state index is 0.0425. The monoisotopic (exact) mass is 263 g/mol. The predicted molar refractivity (Wildman–Crippen MR) is 70.2 cm³/mol. The normalized spacial score (nSPS) is 16.2. The highest BCUT2D eigenvalue weighted by atomic mass is 16.2. The second-order valence-corrected chi connectivity index (χ2v) is 4.47. The van der Waals surface area contributed by atoms with Crippen LogP contribution >= 0.6 is 0 Å². The van der Waals surface area contributed by atoms with E-state index in [2.05, 4.69) is 10.4 Å². The SMILES string of the molecule is CN1CCCN(C(=O)c2ccc(NN)nc2)CC1=O. The van der Waals surface area contributed by atoms with Crippen LogP contribution in [0.5, 0.6) is 0 Å². The van der Waals surface area contributed by atoms with Crippen LogP contribution < -0.4 is 11.3 Å². The van der Waals surface area contributed by atoms with Crippen LogP contribution in [0.15, 0.2) is 18.3 Å². The number of anilines is 1.